The van der Waals surface area contributed by atoms with Crippen LogP contribution in [0.4, 0.5) is 4.79 Å². The lowest BCUT2D eigenvalue weighted by atomic mass is 9.99. The highest BCUT2D eigenvalue weighted by Gasteiger charge is 2.30. The van der Waals surface area contributed by atoms with Gasteiger partial charge < -0.3 is 19.2 Å². The van der Waals surface area contributed by atoms with E-state index in [0.29, 0.717) is 17.4 Å². The molecule has 31 heavy (non-hydrogen) atoms. The van der Waals surface area contributed by atoms with Crippen molar-refractivity contribution in [2.75, 3.05) is 0 Å². The minimum Gasteiger partial charge on any atom is -0.444 e. The molecule has 1 aromatic heterocycles. The monoisotopic (exact) mass is 425 g/mol. The normalized spacial score (nSPS) is 13.6. The van der Waals surface area contributed by atoms with Crippen molar-refractivity contribution in [3.8, 4) is 5.75 Å². The average Bonchev–Trinajstić information content (AvgIpc) is 2.70. The lowest BCUT2D eigenvalue weighted by Gasteiger charge is -2.25. The summed E-state index contributed by atoms with van der Waals surface area (Å²) < 4.78 is 16.2. The van der Waals surface area contributed by atoms with Crippen LogP contribution in [-0.2, 0) is 9.53 Å². The van der Waals surface area contributed by atoms with E-state index in [9.17, 15) is 14.4 Å². The largest absolute Gasteiger partial charge is 0.444 e. The van der Waals surface area contributed by atoms with Crippen LogP contribution in [0.3, 0.4) is 0 Å². The quantitative estimate of drug-likeness (QED) is 0.273. The van der Waals surface area contributed by atoms with Gasteiger partial charge in [0.25, 0.3) is 0 Å². The van der Waals surface area contributed by atoms with Gasteiger partial charge >= 0.3 is 17.7 Å². The van der Waals surface area contributed by atoms with Crippen LogP contribution >= 0.6 is 0 Å². The molecule has 1 N–H and O–H groups in total. The minimum atomic E-state index is -0.890. The first-order valence-electron chi connectivity index (χ1n) is 10.3. The number of esters is 1. The van der Waals surface area contributed by atoms with Crippen LogP contribution in [0.5, 0.6) is 5.75 Å². The summed E-state index contributed by atoms with van der Waals surface area (Å²) in [5.74, 6) is -0.583. The van der Waals surface area contributed by atoms with Crippen molar-refractivity contribution < 1.29 is 23.5 Å². The maximum absolute atomic E-state index is 12.8. The summed E-state index contributed by atoms with van der Waals surface area (Å²) in [6.07, 6.45) is -0.0422. The number of rotatable bonds is 5. The molecule has 164 valence electrons. The highest BCUT2D eigenvalue weighted by Crippen LogP contribution is 2.26. The summed E-state index contributed by atoms with van der Waals surface area (Å²) in [4.78, 5) is 37.3. The Kier molecular flexibility index (Phi) is 6.34. The number of fused-ring (bicyclic) bond motifs is 3. The maximum Gasteiger partial charge on any atom is 0.408 e. The summed E-state index contributed by atoms with van der Waals surface area (Å²) in [7, 11) is 0. The predicted octanol–water partition coefficient (Wildman–Crippen LogP) is 4.79. The van der Waals surface area contributed by atoms with Crippen molar-refractivity contribution in [3.63, 3.8) is 0 Å². The van der Waals surface area contributed by atoms with E-state index in [-0.39, 0.29) is 11.7 Å². The van der Waals surface area contributed by atoms with Crippen LogP contribution in [0.1, 0.15) is 41.0 Å². The first-order chi connectivity index (χ1) is 14.6. The highest BCUT2D eigenvalue weighted by molar-refractivity contribution is 6.04. The van der Waals surface area contributed by atoms with Gasteiger partial charge in [-0.1, -0.05) is 38.5 Å². The summed E-state index contributed by atoms with van der Waals surface area (Å²) in [5, 5.41) is 4.59. The molecule has 3 aromatic rings. The summed E-state index contributed by atoms with van der Waals surface area (Å²) in [6.45, 7) is 8.99. The number of benzene rings is 2. The van der Waals surface area contributed by atoms with Gasteiger partial charge in [-0.15, -0.1) is 0 Å². The van der Waals surface area contributed by atoms with Crippen LogP contribution in [-0.4, -0.2) is 23.7 Å². The summed E-state index contributed by atoms with van der Waals surface area (Å²) in [5.41, 5.74) is -0.836. The smallest absolute Gasteiger partial charge is 0.408 e. The Morgan fingerprint density at radius 1 is 1.06 bits per heavy atom. The molecule has 0 saturated heterocycles. The van der Waals surface area contributed by atoms with Crippen LogP contribution in [0.15, 0.2) is 51.7 Å². The van der Waals surface area contributed by atoms with Gasteiger partial charge in [0, 0.05) is 11.5 Å². The Hall–Kier alpha value is -3.35. The van der Waals surface area contributed by atoms with E-state index < -0.39 is 29.3 Å². The molecule has 1 heterocycles. The zero-order valence-electron chi connectivity index (χ0n) is 18.4. The number of hydrogen-bond donors (Lipinski definition) is 1. The van der Waals surface area contributed by atoms with Crippen LogP contribution < -0.4 is 15.7 Å². The third-order valence-electron chi connectivity index (χ3n) is 4.95. The SMILES string of the molecule is CCC(C)C(NC(=O)OC(C)(C)C)C(=O)Oc1ccc2c(c1)oc(=O)c1ccccc12. The molecular formula is C24H27NO6. The zero-order chi connectivity index (χ0) is 22.8. The lowest BCUT2D eigenvalue weighted by Crippen LogP contribution is -2.48. The highest BCUT2D eigenvalue weighted by atomic mass is 16.6. The maximum atomic E-state index is 12.8. The first-order valence-corrected chi connectivity index (χ1v) is 10.3. The van der Waals surface area contributed by atoms with E-state index in [1.165, 1.54) is 6.07 Å². The second-order valence-corrected chi connectivity index (χ2v) is 8.52. The molecule has 2 unspecified atom stereocenters. The molecule has 7 nitrogen and oxygen atoms in total. The third kappa shape index (κ3) is 5.23. The van der Waals surface area contributed by atoms with Crippen LogP contribution in [0.25, 0.3) is 21.7 Å². The summed E-state index contributed by atoms with van der Waals surface area (Å²) >= 11 is 0. The van der Waals surface area contributed by atoms with E-state index in [1.807, 2.05) is 26.0 Å². The van der Waals surface area contributed by atoms with E-state index in [0.717, 1.165) is 10.8 Å². The van der Waals surface area contributed by atoms with Gasteiger partial charge in [-0.25, -0.2) is 14.4 Å². The standard InChI is InChI=1S/C24H27NO6/c1-6-14(2)20(25-23(28)31-24(3,4)5)22(27)29-15-11-12-17-16-9-7-8-10-18(16)21(26)30-19(17)13-15/h7-14,20H,6H2,1-5H3,(H,25,28). The van der Waals surface area contributed by atoms with E-state index in [1.54, 1.807) is 45.0 Å². The fourth-order valence-corrected chi connectivity index (χ4v) is 3.21. The van der Waals surface area contributed by atoms with Crippen molar-refractivity contribution in [1.82, 2.24) is 5.32 Å². The Morgan fingerprint density at radius 2 is 1.74 bits per heavy atom. The van der Waals surface area contributed by atoms with Crippen LogP contribution in [0.2, 0.25) is 0 Å². The fraction of sp³-hybridized carbons (Fsp3) is 0.375. The Labute approximate surface area is 180 Å². The number of amides is 1. The molecule has 0 aliphatic heterocycles. The fourth-order valence-electron chi connectivity index (χ4n) is 3.21. The molecule has 0 aliphatic carbocycles. The van der Waals surface area contributed by atoms with Crippen molar-refractivity contribution >= 4 is 33.8 Å². The van der Waals surface area contributed by atoms with E-state index in [4.69, 9.17) is 13.9 Å². The molecule has 0 bridgehead atoms. The molecule has 2 aromatic carbocycles. The van der Waals surface area contributed by atoms with Crippen molar-refractivity contribution in [2.24, 2.45) is 5.92 Å². The van der Waals surface area contributed by atoms with Crippen molar-refractivity contribution in [1.29, 1.82) is 0 Å². The van der Waals surface area contributed by atoms with Gasteiger partial charge in [0.1, 0.15) is 23.0 Å². The third-order valence-corrected chi connectivity index (χ3v) is 4.95. The first kappa shape index (κ1) is 22.3. The molecular weight excluding hydrogens is 398 g/mol. The predicted molar refractivity (Wildman–Crippen MR) is 118 cm³/mol. The molecule has 0 spiro atoms. The second-order valence-electron chi connectivity index (χ2n) is 8.52. The second kappa shape index (κ2) is 8.79. The number of hydrogen-bond acceptors (Lipinski definition) is 6. The number of carbonyl (C=O) groups is 2. The Balaban J connectivity index is 1.86. The van der Waals surface area contributed by atoms with Gasteiger partial charge in [-0.05, 0) is 50.3 Å². The average molecular weight is 425 g/mol. The minimum absolute atomic E-state index is 0.178. The molecule has 0 fully saturated rings. The number of ether oxygens (including phenoxy) is 2. The number of nitrogens with one attached hydrogen (secondary N) is 1. The number of alkyl carbamates (subject to hydrolysis) is 1. The molecule has 7 heteroatoms. The molecule has 0 saturated carbocycles. The molecule has 0 radical (unpaired) electrons. The van der Waals surface area contributed by atoms with Gasteiger partial charge in [0.2, 0.25) is 0 Å². The zero-order valence-corrected chi connectivity index (χ0v) is 18.4. The van der Waals surface area contributed by atoms with E-state index >= 15 is 0 Å². The van der Waals surface area contributed by atoms with Gasteiger partial charge in [-0.2, -0.15) is 0 Å². The molecule has 1 amide bonds. The molecule has 2 atom stereocenters. The lowest BCUT2D eigenvalue weighted by molar-refractivity contribution is -0.138. The topological polar surface area (TPSA) is 94.8 Å². The van der Waals surface area contributed by atoms with Crippen molar-refractivity contribution in [2.45, 2.75) is 52.7 Å². The Morgan fingerprint density at radius 3 is 2.39 bits per heavy atom. The van der Waals surface area contributed by atoms with Gasteiger partial charge in [0.05, 0.1) is 5.39 Å². The number of carbonyl (C=O) groups excluding carboxylic acids is 2. The Bertz CT molecular complexity index is 1170. The van der Waals surface area contributed by atoms with Crippen LogP contribution in [0, 0.1) is 5.92 Å². The summed E-state index contributed by atoms with van der Waals surface area (Å²) in [6, 6.07) is 11.1. The molecule has 3 rings (SSSR count). The van der Waals surface area contributed by atoms with E-state index in [2.05, 4.69) is 5.32 Å². The molecule has 0 aliphatic rings. The van der Waals surface area contributed by atoms with Gasteiger partial charge in [0.15, 0.2) is 0 Å². The van der Waals surface area contributed by atoms with Gasteiger partial charge in [-0.3, -0.25) is 0 Å². The van der Waals surface area contributed by atoms with Crippen molar-refractivity contribution in [3.05, 3.63) is 52.9 Å².